The van der Waals surface area contributed by atoms with Crippen LogP contribution in [0.5, 0.6) is 0 Å². The summed E-state index contributed by atoms with van der Waals surface area (Å²) in [5, 5.41) is 8.75. The lowest BCUT2D eigenvalue weighted by Gasteiger charge is -2.05. The van der Waals surface area contributed by atoms with E-state index >= 15 is 0 Å². The zero-order chi connectivity index (χ0) is 9.84. The number of hydrogen-bond acceptors (Lipinski definition) is 3. The number of nitrogens with two attached hydrogens (primary N) is 1. The number of aliphatic hydroxyl groups is 1. The summed E-state index contributed by atoms with van der Waals surface area (Å²) in [5.74, 6) is 0. The zero-order valence-corrected chi connectivity index (χ0v) is 8.14. The van der Waals surface area contributed by atoms with Crippen molar-refractivity contribution in [2.75, 3.05) is 6.61 Å². The van der Waals surface area contributed by atoms with Gasteiger partial charge in [-0.3, -0.25) is 0 Å². The summed E-state index contributed by atoms with van der Waals surface area (Å²) in [5.41, 5.74) is 6.53. The Morgan fingerprint density at radius 3 is 2.77 bits per heavy atom. The van der Waals surface area contributed by atoms with E-state index in [0.717, 1.165) is 5.69 Å². The van der Waals surface area contributed by atoms with Crippen LogP contribution in [0, 0.1) is 0 Å². The number of aromatic nitrogens is 2. The predicted molar refractivity (Wildman–Crippen MR) is 51.4 cm³/mol. The first-order valence-corrected chi connectivity index (χ1v) is 4.52. The number of hydrogen-bond donors (Lipinski definition) is 2. The van der Waals surface area contributed by atoms with Crippen molar-refractivity contribution < 1.29 is 5.11 Å². The van der Waals surface area contributed by atoms with E-state index in [1.807, 2.05) is 10.8 Å². The molecule has 4 heteroatoms. The standard InChI is InChI=1S/C9H17N3O/c1-7(2)12-4-9(11-6-12)3-8(10)5-13/h4,6-8,13H,3,5,10H2,1-2H3. The first kappa shape index (κ1) is 10.2. The van der Waals surface area contributed by atoms with Crippen molar-refractivity contribution in [2.45, 2.75) is 32.4 Å². The molecule has 0 radical (unpaired) electrons. The summed E-state index contributed by atoms with van der Waals surface area (Å²) in [6.07, 6.45) is 4.40. The molecule has 0 saturated heterocycles. The van der Waals surface area contributed by atoms with Gasteiger partial charge in [0.1, 0.15) is 0 Å². The van der Waals surface area contributed by atoms with E-state index in [-0.39, 0.29) is 12.6 Å². The number of imidazole rings is 1. The molecule has 1 atom stereocenters. The van der Waals surface area contributed by atoms with Gasteiger partial charge in [-0.2, -0.15) is 0 Å². The van der Waals surface area contributed by atoms with Gasteiger partial charge in [-0.25, -0.2) is 4.98 Å². The van der Waals surface area contributed by atoms with Crippen LogP contribution in [0.3, 0.4) is 0 Å². The molecule has 1 rings (SSSR count). The predicted octanol–water partition coefficient (Wildman–Crippen LogP) is 0.326. The SMILES string of the molecule is CC(C)n1cnc(CC(N)CO)c1. The lowest BCUT2D eigenvalue weighted by molar-refractivity contribution is 0.264. The smallest absolute Gasteiger partial charge is 0.0951 e. The highest BCUT2D eigenvalue weighted by molar-refractivity contribution is 5.00. The van der Waals surface area contributed by atoms with Crippen molar-refractivity contribution in [1.82, 2.24) is 9.55 Å². The maximum atomic E-state index is 8.75. The van der Waals surface area contributed by atoms with E-state index in [1.54, 1.807) is 6.33 Å². The van der Waals surface area contributed by atoms with Crippen LogP contribution in [0.25, 0.3) is 0 Å². The molecule has 0 aromatic carbocycles. The second-order valence-corrected chi connectivity index (χ2v) is 3.55. The minimum Gasteiger partial charge on any atom is -0.395 e. The van der Waals surface area contributed by atoms with Crippen molar-refractivity contribution in [3.8, 4) is 0 Å². The second-order valence-electron chi connectivity index (χ2n) is 3.55. The Hall–Kier alpha value is -0.870. The molecule has 4 nitrogen and oxygen atoms in total. The molecule has 0 fully saturated rings. The molecule has 1 heterocycles. The van der Waals surface area contributed by atoms with Gasteiger partial charge >= 0.3 is 0 Å². The fourth-order valence-electron chi connectivity index (χ4n) is 1.10. The third kappa shape index (κ3) is 2.82. The van der Waals surface area contributed by atoms with E-state index in [9.17, 15) is 0 Å². The number of nitrogens with zero attached hydrogens (tertiary/aromatic N) is 2. The van der Waals surface area contributed by atoms with Crippen molar-refractivity contribution in [3.63, 3.8) is 0 Å². The van der Waals surface area contributed by atoms with Gasteiger partial charge in [0.25, 0.3) is 0 Å². The Kier molecular flexibility index (Phi) is 3.45. The van der Waals surface area contributed by atoms with Gasteiger partial charge in [-0.1, -0.05) is 0 Å². The van der Waals surface area contributed by atoms with Crippen molar-refractivity contribution in [1.29, 1.82) is 0 Å². The van der Waals surface area contributed by atoms with Crippen LogP contribution in [0.1, 0.15) is 25.6 Å². The Morgan fingerprint density at radius 2 is 2.31 bits per heavy atom. The summed E-state index contributed by atoms with van der Waals surface area (Å²) < 4.78 is 2.03. The summed E-state index contributed by atoms with van der Waals surface area (Å²) >= 11 is 0. The van der Waals surface area contributed by atoms with Crippen molar-refractivity contribution in [2.24, 2.45) is 5.73 Å². The highest BCUT2D eigenvalue weighted by Crippen LogP contribution is 2.06. The molecule has 0 spiro atoms. The highest BCUT2D eigenvalue weighted by atomic mass is 16.3. The van der Waals surface area contributed by atoms with E-state index in [2.05, 4.69) is 18.8 Å². The van der Waals surface area contributed by atoms with Gasteiger partial charge in [0.05, 0.1) is 18.6 Å². The Balaban J connectivity index is 2.58. The monoisotopic (exact) mass is 183 g/mol. The van der Waals surface area contributed by atoms with Gasteiger partial charge < -0.3 is 15.4 Å². The number of rotatable bonds is 4. The molecule has 0 aliphatic rings. The van der Waals surface area contributed by atoms with Crippen LogP contribution in [0.4, 0.5) is 0 Å². The van der Waals surface area contributed by atoms with E-state index < -0.39 is 0 Å². The first-order chi connectivity index (χ1) is 6.13. The second kappa shape index (κ2) is 4.39. The van der Waals surface area contributed by atoms with Crippen molar-refractivity contribution >= 4 is 0 Å². The number of aliphatic hydroxyl groups excluding tert-OH is 1. The lowest BCUT2D eigenvalue weighted by atomic mass is 10.2. The topological polar surface area (TPSA) is 64.1 Å². The van der Waals surface area contributed by atoms with E-state index in [0.29, 0.717) is 12.5 Å². The Labute approximate surface area is 78.4 Å². The summed E-state index contributed by atoms with van der Waals surface area (Å²) in [4.78, 5) is 4.20. The molecule has 1 unspecified atom stereocenters. The summed E-state index contributed by atoms with van der Waals surface area (Å²) in [6, 6.07) is 0.224. The zero-order valence-electron chi connectivity index (χ0n) is 8.14. The van der Waals surface area contributed by atoms with Gasteiger partial charge in [-0.05, 0) is 13.8 Å². The van der Waals surface area contributed by atoms with Crippen LogP contribution in [-0.2, 0) is 6.42 Å². The largest absolute Gasteiger partial charge is 0.395 e. The summed E-state index contributed by atoms with van der Waals surface area (Å²) in [6.45, 7) is 4.20. The fraction of sp³-hybridized carbons (Fsp3) is 0.667. The summed E-state index contributed by atoms with van der Waals surface area (Å²) in [7, 11) is 0. The van der Waals surface area contributed by atoms with Gasteiger partial charge in [0.2, 0.25) is 0 Å². The van der Waals surface area contributed by atoms with Crippen LogP contribution < -0.4 is 5.73 Å². The molecule has 1 aromatic rings. The Bertz CT molecular complexity index is 257. The van der Waals surface area contributed by atoms with E-state index in [1.165, 1.54) is 0 Å². The molecule has 3 N–H and O–H groups in total. The normalized spacial score (nSPS) is 13.6. The van der Waals surface area contributed by atoms with Crippen LogP contribution >= 0.6 is 0 Å². The molecule has 1 aromatic heterocycles. The van der Waals surface area contributed by atoms with Gasteiger partial charge in [0, 0.05) is 24.7 Å². The molecule has 0 bridgehead atoms. The molecule has 13 heavy (non-hydrogen) atoms. The highest BCUT2D eigenvalue weighted by Gasteiger charge is 2.06. The molecular weight excluding hydrogens is 166 g/mol. The third-order valence-corrected chi connectivity index (χ3v) is 1.96. The quantitative estimate of drug-likeness (QED) is 0.707. The third-order valence-electron chi connectivity index (χ3n) is 1.96. The van der Waals surface area contributed by atoms with Gasteiger partial charge in [0.15, 0.2) is 0 Å². The lowest BCUT2D eigenvalue weighted by Crippen LogP contribution is -2.26. The maximum absolute atomic E-state index is 8.75. The van der Waals surface area contributed by atoms with E-state index in [4.69, 9.17) is 10.8 Å². The average Bonchev–Trinajstić information content (AvgIpc) is 2.52. The van der Waals surface area contributed by atoms with Crippen LogP contribution in [-0.4, -0.2) is 27.3 Å². The molecule has 0 aliphatic carbocycles. The fourth-order valence-corrected chi connectivity index (χ4v) is 1.10. The maximum Gasteiger partial charge on any atom is 0.0951 e. The minimum atomic E-state index is -0.199. The Morgan fingerprint density at radius 1 is 1.62 bits per heavy atom. The minimum absolute atomic E-state index is 0.00847. The van der Waals surface area contributed by atoms with Gasteiger partial charge in [-0.15, -0.1) is 0 Å². The average molecular weight is 183 g/mol. The molecule has 0 aliphatic heterocycles. The molecule has 74 valence electrons. The van der Waals surface area contributed by atoms with Crippen LogP contribution in [0.15, 0.2) is 12.5 Å². The molecular formula is C9H17N3O. The molecule has 0 amide bonds. The first-order valence-electron chi connectivity index (χ1n) is 4.52. The van der Waals surface area contributed by atoms with Crippen LogP contribution in [0.2, 0.25) is 0 Å². The van der Waals surface area contributed by atoms with Crippen molar-refractivity contribution in [3.05, 3.63) is 18.2 Å². The molecule has 0 saturated carbocycles.